The number of furan rings is 1. The Kier molecular flexibility index (Phi) is 3.36. The lowest BCUT2D eigenvalue weighted by Gasteiger charge is -2.18. The fourth-order valence-electron chi connectivity index (χ4n) is 2.39. The van der Waals surface area contributed by atoms with Crippen LogP contribution in [0.5, 0.6) is 0 Å². The van der Waals surface area contributed by atoms with Crippen LogP contribution in [0.15, 0.2) is 16.7 Å². The van der Waals surface area contributed by atoms with Gasteiger partial charge in [0, 0.05) is 18.7 Å². The summed E-state index contributed by atoms with van der Waals surface area (Å²) >= 11 is 0. The van der Waals surface area contributed by atoms with Crippen LogP contribution in [0.25, 0.3) is 0 Å². The number of hydrogen-bond acceptors (Lipinski definition) is 3. The Morgan fingerprint density at radius 1 is 1.50 bits per heavy atom. The monoisotopic (exact) mass is 222 g/mol. The molecule has 1 aromatic heterocycles. The van der Waals surface area contributed by atoms with Crippen molar-refractivity contribution in [3.63, 3.8) is 0 Å². The summed E-state index contributed by atoms with van der Waals surface area (Å²) < 4.78 is 5.57. The molecule has 1 aliphatic rings. The lowest BCUT2D eigenvalue weighted by molar-refractivity contribution is 0.263. The highest BCUT2D eigenvalue weighted by molar-refractivity contribution is 5.12. The molecule has 0 atom stereocenters. The number of rotatable bonds is 4. The van der Waals surface area contributed by atoms with E-state index in [4.69, 9.17) is 4.42 Å². The minimum atomic E-state index is 0.473. The summed E-state index contributed by atoms with van der Waals surface area (Å²) in [6.45, 7) is 8.87. The van der Waals surface area contributed by atoms with Gasteiger partial charge in [-0.1, -0.05) is 13.8 Å². The molecule has 0 radical (unpaired) electrons. The third kappa shape index (κ3) is 2.86. The summed E-state index contributed by atoms with van der Waals surface area (Å²) in [6.07, 6.45) is 3.14. The molecule has 3 heteroatoms. The van der Waals surface area contributed by atoms with Gasteiger partial charge in [0.2, 0.25) is 0 Å². The summed E-state index contributed by atoms with van der Waals surface area (Å²) in [6, 6.07) is 2.15. The first kappa shape index (κ1) is 11.7. The molecular weight excluding hydrogens is 200 g/mol. The molecular formula is C13H22N2O. The maximum atomic E-state index is 5.57. The highest BCUT2D eigenvalue weighted by Gasteiger charge is 2.29. The molecule has 2 rings (SSSR count). The molecule has 1 aromatic rings. The van der Waals surface area contributed by atoms with Crippen LogP contribution in [0.1, 0.15) is 31.6 Å². The largest absolute Gasteiger partial charge is 0.468 e. The second kappa shape index (κ2) is 4.60. The molecule has 1 fully saturated rings. The second-order valence-corrected chi connectivity index (χ2v) is 5.58. The van der Waals surface area contributed by atoms with E-state index in [-0.39, 0.29) is 0 Å². The lowest BCUT2D eigenvalue weighted by Crippen LogP contribution is -2.22. The predicted octanol–water partition coefficient (Wildman–Crippen LogP) is 2.23. The average molecular weight is 222 g/mol. The maximum absolute atomic E-state index is 5.57. The van der Waals surface area contributed by atoms with E-state index in [2.05, 4.69) is 30.1 Å². The van der Waals surface area contributed by atoms with Crippen molar-refractivity contribution >= 4 is 0 Å². The van der Waals surface area contributed by atoms with Gasteiger partial charge in [0.15, 0.2) is 0 Å². The van der Waals surface area contributed by atoms with E-state index in [9.17, 15) is 0 Å². The van der Waals surface area contributed by atoms with Crippen LogP contribution in [-0.2, 0) is 13.1 Å². The van der Waals surface area contributed by atoms with Gasteiger partial charge < -0.3 is 9.73 Å². The summed E-state index contributed by atoms with van der Waals surface area (Å²) in [5.41, 5.74) is 1.70. The smallest absolute Gasteiger partial charge is 0.118 e. The van der Waals surface area contributed by atoms with Crippen LogP contribution in [0.4, 0.5) is 0 Å². The van der Waals surface area contributed by atoms with Crippen LogP contribution in [-0.4, -0.2) is 25.0 Å². The van der Waals surface area contributed by atoms with Crippen molar-refractivity contribution in [3.8, 4) is 0 Å². The van der Waals surface area contributed by atoms with Crippen LogP contribution in [0.3, 0.4) is 0 Å². The molecule has 0 bridgehead atoms. The first-order chi connectivity index (χ1) is 7.59. The van der Waals surface area contributed by atoms with Gasteiger partial charge in [-0.3, -0.25) is 4.90 Å². The molecule has 3 nitrogen and oxygen atoms in total. The predicted molar refractivity (Wildman–Crippen MR) is 65.1 cm³/mol. The topological polar surface area (TPSA) is 28.4 Å². The number of nitrogens with zero attached hydrogens (tertiary/aromatic N) is 1. The fraction of sp³-hybridized carbons (Fsp3) is 0.692. The normalized spacial score (nSPS) is 20.4. The number of likely N-dealkylation sites (tertiary alicyclic amines) is 1. The van der Waals surface area contributed by atoms with Crippen molar-refractivity contribution in [2.24, 2.45) is 5.41 Å². The van der Waals surface area contributed by atoms with Crippen LogP contribution in [0.2, 0.25) is 0 Å². The molecule has 90 valence electrons. The molecule has 0 amide bonds. The van der Waals surface area contributed by atoms with Gasteiger partial charge in [-0.15, -0.1) is 0 Å². The van der Waals surface area contributed by atoms with Crippen molar-refractivity contribution in [2.45, 2.75) is 33.4 Å². The zero-order valence-electron chi connectivity index (χ0n) is 10.5. The van der Waals surface area contributed by atoms with Crippen LogP contribution >= 0.6 is 0 Å². The maximum Gasteiger partial charge on any atom is 0.118 e. The standard InChI is InChI=1S/C13H22N2O/c1-13(2)4-5-15(10-13)8-12-6-11(7-14-3)9-16-12/h6,9,14H,4-5,7-8,10H2,1-3H3. The highest BCUT2D eigenvalue weighted by Crippen LogP contribution is 2.29. The van der Waals surface area contributed by atoms with Crippen molar-refractivity contribution < 1.29 is 4.42 Å². The third-order valence-electron chi connectivity index (χ3n) is 3.22. The Hall–Kier alpha value is -0.800. The van der Waals surface area contributed by atoms with E-state index in [0.717, 1.165) is 18.8 Å². The molecule has 0 unspecified atom stereocenters. The van der Waals surface area contributed by atoms with Gasteiger partial charge in [-0.05, 0) is 31.5 Å². The van der Waals surface area contributed by atoms with Crippen molar-refractivity contribution in [1.82, 2.24) is 10.2 Å². The molecule has 0 aromatic carbocycles. The minimum Gasteiger partial charge on any atom is -0.468 e. The van der Waals surface area contributed by atoms with E-state index in [0.29, 0.717) is 5.41 Å². The SMILES string of the molecule is CNCc1coc(CN2CCC(C)(C)C2)c1. The Balaban J connectivity index is 1.89. The molecule has 1 saturated heterocycles. The third-order valence-corrected chi connectivity index (χ3v) is 3.22. The van der Waals surface area contributed by atoms with Crippen molar-refractivity contribution in [3.05, 3.63) is 23.7 Å². The number of hydrogen-bond donors (Lipinski definition) is 1. The van der Waals surface area contributed by atoms with E-state index < -0.39 is 0 Å². The zero-order chi connectivity index (χ0) is 11.6. The first-order valence-corrected chi connectivity index (χ1v) is 6.02. The summed E-state index contributed by atoms with van der Waals surface area (Å²) in [5, 5.41) is 3.13. The van der Waals surface area contributed by atoms with E-state index >= 15 is 0 Å². The van der Waals surface area contributed by atoms with Gasteiger partial charge in [0.25, 0.3) is 0 Å². The molecule has 1 aliphatic heterocycles. The van der Waals surface area contributed by atoms with Gasteiger partial charge in [-0.2, -0.15) is 0 Å². The molecule has 2 heterocycles. The molecule has 16 heavy (non-hydrogen) atoms. The highest BCUT2D eigenvalue weighted by atomic mass is 16.3. The summed E-state index contributed by atoms with van der Waals surface area (Å²) in [4.78, 5) is 2.47. The Bertz CT molecular complexity index is 343. The quantitative estimate of drug-likeness (QED) is 0.847. The van der Waals surface area contributed by atoms with Crippen LogP contribution < -0.4 is 5.32 Å². The lowest BCUT2D eigenvalue weighted by atomic mass is 9.93. The van der Waals surface area contributed by atoms with Gasteiger partial charge in [0.1, 0.15) is 5.76 Å². The molecule has 0 aliphatic carbocycles. The fourth-order valence-corrected chi connectivity index (χ4v) is 2.39. The van der Waals surface area contributed by atoms with E-state index in [1.54, 1.807) is 0 Å². The zero-order valence-corrected chi connectivity index (χ0v) is 10.5. The Labute approximate surface area is 97.8 Å². The summed E-state index contributed by atoms with van der Waals surface area (Å²) in [7, 11) is 1.95. The molecule has 0 spiro atoms. The van der Waals surface area contributed by atoms with Crippen molar-refractivity contribution in [1.29, 1.82) is 0 Å². The van der Waals surface area contributed by atoms with E-state index in [1.165, 1.54) is 25.1 Å². The van der Waals surface area contributed by atoms with E-state index in [1.807, 2.05) is 13.3 Å². The molecule has 1 N–H and O–H groups in total. The minimum absolute atomic E-state index is 0.473. The average Bonchev–Trinajstić information content (AvgIpc) is 2.75. The van der Waals surface area contributed by atoms with Crippen LogP contribution in [0, 0.1) is 5.41 Å². The van der Waals surface area contributed by atoms with Gasteiger partial charge >= 0.3 is 0 Å². The Morgan fingerprint density at radius 3 is 2.94 bits per heavy atom. The second-order valence-electron chi connectivity index (χ2n) is 5.58. The Morgan fingerprint density at radius 2 is 2.31 bits per heavy atom. The van der Waals surface area contributed by atoms with Gasteiger partial charge in [-0.25, -0.2) is 0 Å². The van der Waals surface area contributed by atoms with Crippen molar-refractivity contribution in [2.75, 3.05) is 20.1 Å². The summed E-state index contributed by atoms with van der Waals surface area (Å²) in [5.74, 6) is 1.09. The first-order valence-electron chi connectivity index (χ1n) is 6.02. The molecule has 0 saturated carbocycles. The number of nitrogens with one attached hydrogen (secondary N) is 1. The van der Waals surface area contributed by atoms with Gasteiger partial charge in [0.05, 0.1) is 12.8 Å².